The second kappa shape index (κ2) is 7.71. The van der Waals surface area contributed by atoms with Crippen LogP contribution in [0.15, 0.2) is 0 Å². The van der Waals surface area contributed by atoms with Crippen molar-refractivity contribution in [2.75, 3.05) is 7.11 Å². The maximum absolute atomic E-state index is 14.3. The van der Waals surface area contributed by atoms with Crippen LogP contribution in [0.2, 0.25) is 0 Å². The lowest BCUT2D eigenvalue weighted by Gasteiger charge is -2.62. The summed E-state index contributed by atoms with van der Waals surface area (Å²) in [6.45, 7) is 6.42. The molecule has 0 N–H and O–H groups in total. The maximum atomic E-state index is 14.3. The fourth-order valence-corrected chi connectivity index (χ4v) is 8.50. The Morgan fingerprint density at radius 1 is 0.897 bits per heavy atom. The van der Waals surface area contributed by atoms with Crippen LogP contribution in [0.4, 0.5) is 13.2 Å². The van der Waals surface area contributed by atoms with Gasteiger partial charge in [0.1, 0.15) is 0 Å². The molecule has 1 nitrogen and oxygen atoms in total. The molecule has 4 unspecified atom stereocenters. The number of fused-ring (bicyclic) bond motifs is 2. The minimum atomic E-state index is -4.00. The third kappa shape index (κ3) is 3.68. The van der Waals surface area contributed by atoms with E-state index in [2.05, 4.69) is 20.8 Å². The van der Waals surface area contributed by atoms with E-state index < -0.39 is 11.6 Å². The first kappa shape index (κ1) is 22.0. The molecule has 6 aliphatic carbocycles. The van der Waals surface area contributed by atoms with Gasteiger partial charge in [-0.2, -0.15) is 13.2 Å². The molecule has 6 bridgehead atoms. The Morgan fingerprint density at radius 3 is 1.79 bits per heavy atom. The lowest BCUT2D eigenvalue weighted by atomic mass is 9.43. The summed E-state index contributed by atoms with van der Waals surface area (Å²) in [5.74, 6) is 3.14. The third-order valence-corrected chi connectivity index (χ3v) is 10.2. The highest BCUT2D eigenvalue weighted by molar-refractivity contribution is 5.11. The van der Waals surface area contributed by atoms with Gasteiger partial charge in [0.05, 0.1) is 11.5 Å². The highest BCUT2D eigenvalue weighted by atomic mass is 19.4. The molecule has 6 aliphatic rings. The van der Waals surface area contributed by atoms with Gasteiger partial charge in [-0.05, 0) is 112 Å². The summed E-state index contributed by atoms with van der Waals surface area (Å²) in [6, 6.07) is 0. The second-order valence-corrected chi connectivity index (χ2v) is 11.7. The summed E-state index contributed by atoms with van der Waals surface area (Å²) in [5, 5.41) is 0. The Kier molecular flexibility index (Phi) is 5.84. The van der Waals surface area contributed by atoms with E-state index in [-0.39, 0.29) is 11.3 Å². The number of hydrogen-bond acceptors (Lipinski definition) is 1. The Balaban J connectivity index is 0.000000302. The fraction of sp³-hybridized carbons (Fsp3) is 1.00. The molecule has 0 saturated heterocycles. The lowest BCUT2D eigenvalue weighted by molar-refractivity contribution is -0.265. The van der Waals surface area contributed by atoms with Crippen molar-refractivity contribution >= 4 is 0 Å². The summed E-state index contributed by atoms with van der Waals surface area (Å²) < 4.78 is 47.7. The Hall–Kier alpha value is -0.250. The van der Waals surface area contributed by atoms with Gasteiger partial charge in [0.25, 0.3) is 0 Å². The van der Waals surface area contributed by atoms with Crippen LogP contribution in [-0.2, 0) is 4.74 Å². The van der Waals surface area contributed by atoms with Gasteiger partial charge in [0, 0.05) is 7.11 Å². The average molecular weight is 415 g/mol. The first-order chi connectivity index (χ1) is 13.6. The van der Waals surface area contributed by atoms with Crippen LogP contribution in [0.5, 0.6) is 0 Å². The van der Waals surface area contributed by atoms with Gasteiger partial charge in [-0.1, -0.05) is 20.3 Å². The summed E-state index contributed by atoms with van der Waals surface area (Å²) >= 11 is 0. The molecule has 0 aromatic rings. The van der Waals surface area contributed by atoms with Crippen LogP contribution < -0.4 is 0 Å². The van der Waals surface area contributed by atoms with E-state index >= 15 is 0 Å². The summed E-state index contributed by atoms with van der Waals surface area (Å²) in [5.41, 5.74) is -1.37. The Labute approximate surface area is 175 Å². The molecule has 6 rings (SSSR count). The molecular formula is C25H41F3O. The molecule has 6 fully saturated rings. The van der Waals surface area contributed by atoms with Gasteiger partial charge in [-0.25, -0.2) is 0 Å². The van der Waals surface area contributed by atoms with Crippen molar-refractivity contribution in [3.05, 3.63) is 0 Å². The van der Waals surface area contributed by atoms with Crippen molar-refractivity contribution in [2.45, 2.75) is 104 Å². The number of methoxy groups -OCH3 is 1. The molecule has 0 heterocycles. The smallest absolute Gasteiger partial charge is 0.382 e. The van der Waals surface area contributed by atoms with E-state index in [1.54, 1.807) is 7.11 Å². The Bertz CT molecular complexity index is 553. The number of alkyl halides is 3. The predicted molar refractivity (Wildman–Crippen MR) is 110 cm³/mol. The number of rotatable bonds is 4. The van der Waals surface area contributed by atoms with Gasteiger partial charge in [-0.3, -0.25) is 0 Å². The third-order valence-electron chi connectivity index (χ3n) is 10.2. The standard InChI is InChI=1S/C20H29F3.C5H12O/c1-18(16-6-13-4-14(8-16)9-17(18)7-13)11-19(20(21,22)23)10-12-2-3-15(19)5-12;1-4-5(2)6-3/h12-17H,2-11H2,1H3;5H,4H2,1-3H3. The van der Waals surface area contributed by atoms with Crippen molar-refractivity contribution in [2.24, 2.45) is 46.3 Å². The van der Waals surface area contributed by atoms with Gasteiger partial charge in [-0.15, -0.1) is 0 Å². The summed E-state index contributed by atoms with van der Waals surface area (Å²) in [6.07, 6.45) is 7.48. The number of hydrogen-bond donors (Lipinski definition) is 0. The topological polar surface area (TPSA) is 9.23 Å². The molecule has 0 radical (unpaired) electrons. The van der Waals surface area contributed by atoms with Crippen molar-refractivity contribution < 1.29 is 17.9 Å². The molecule has 0 amide bonds. The molecule has 0 spiro atoms. The van der Waals surface area contributed by atoms with Crippen LogP contribution in [0.25, 0.3) is 0 Å². The van der Waals surface area contributed by atoms with Crippen LogP contribution >= 0.6 is 0 Å². The van der Waals surface area contributed by atoms with E-state index in [1.807, 2.05) is 0 Å². The minimum absolute atomic E-state index is 0.0343. The van der Waals surface area contributed by atoms with Crippen LogP contribution in [0.1, 0.15) is 91.4 Å². The molecule has 4 heteroatoms. The van der Waals surface area contributed by atoms with E-state index in [4.69, 9.17) is 4.74 Å². The zero-order valence-corrected chi connectivity index (χ0v) is 18.9. The number of ether oxygens (including phenoxy) is 1. The highest BCUT2D eigenvalue weighted by Gasteiger charge is 2.68. The van der Waals surface area contributed by atoms with E-state index in [0.717, 1.165) is 37.5 Å². The predicted octanol–water partition coefficient (Wildman–Crippen LogP) is 7.64. The largest absolute Gasteiger partial charge is 0.394 e. The van der Waals surface area contributed by atoms with Gasteiger partial charge >= 0.3 is 6.18 Å². The monoisotopic (exact) mass is 414 g/mol. The molecule has 168 valence electrons. The van der Waals surface area contributed by atoms with Crippen molar-refractivity contribution in [3.8, 4) is 0 Å². The fourth-order valence-electron chi connectivity index (χ4n) is 8.50. The maximum Gasteiger partial charge on any atom is 0.394 e. The summed E-state index contributed by atoms with van der Waals surface area (Å²) in [7, 11) is 1.73. The van der Waals surface area contributed by atoms with Crippen molar-refractivity contribution in [1.29, 1.82) is 0 Å². The lowest BCUT2D eigenvalue weighted by Crippen LogP contribution is -2.56. The van der Waals surface area contributed by atoms with E-state index in [9.17, 15) is 13.2 Å². The van der Waals surface area contributed by atoms with Crippen molar-refractivity contribution in [1.82, 2.24) is 0 Å². The van der Waals surface area contributed by atoms with Gasteiger partial charge in [0.2, 0.25) is 0 Å². The number of halogens is 3. The average Bonchev–Trinajstić information content (AvgIpc) is 3.27. The zero-order valence-electron chi connectivity index (χ0n) is 18.9. The molecular weight excluding hydrogens is 373 g/mol. The van der Waals surface area contributed by atoms with E-state index in [1.165, 1.54) is 32.1 Å². The van der Waals surface area contributed by atoms with Crippen LogP contribution in [0.3, 0.4) is 0 Å². The Morgan fingerprint density at radius 2 is 1.45 bits per heavy atom. The molecule has 0 aromatic heterocycles. The van der Waals surface area contributed by atoms with Crippen molar-refractivity contribution in [3.63, 3.8) is 0 Å². The van der Waals surface area contributed by atoms with Gasteiger partial charge < -0.3 is 4.74 Å². The first-order valence-electron chi connectivity index (χ1n) is 12.2. The van der Waals surface area contributed by atoms with Gasteiger partial charge in [0.15, 0.2) is 0 Å². The van der Waals surface area contributed by atoms with E-state index in [0.29, 0.717) is 36.7 Å². The normalized spacial score (nSPS) is 48.5. The summed E-state index contributed by atoms with van der Waals surface area (Å²) in [4.78, 5) is 0. The molecule has 4 atom stereocenters. The van der Waals surface area contributed by atoms with Crippen LogP contribution in [0, 0.1) is 46.3 Å². The zero-order chi connectivity index (χ0) is 21.0. The molecule has 6 saturated carbocycles. The quantitative estimate of drug-likeness (QED) is 0.459. The minimum Gasteiger partial charge on any atom is -0.382 e. The first-order valence-corrected chi connectivity index (χ1v) is 12.2. The second-order valence-electron chi connectivity index (χ2n) is 11.7. The SMILES string of the molecule is CC1(CC2(C(F)(F)F)CC3CCC2C3)C2CC3CC(C2)CC1C3.CCC(C)OC. The molecule has 29 heavy (non-hydrogen) atoms. The van der Waals surface area contributed by atoms with Crippen LogP contribution in [-0.4, -0.2) is 19.4 Å². The highest BCUT2D eigenvalue weighted by Crippen LogP contribution is 2.71. The molecule has 0 aromatic carbocycles. The molecule has 0 aliphatic heterocycles.